The first-order valence-electron chi connectivity index (χ1n) is 10.8. The van der Waals surface area contributed by atoms with Crippen LogP contribution in [0.15, 0.2) is 35.3 Å². The van der Waals surface area contributed by atoms with E-state index in [4.69, 9.17) is 14.7 Å². The van der Waals surface area contributed by atoms with E-state index in [1.54, 1.807) is 0 Å². The summed E-state index contributed by atoms with van der Waals surface area (Å²) in [6.07, 6.45) is 3.14. The smallest absolute Gasteiger partial charge is 0.140 e. The molecule has 0 saturated carbocycles. The van der Waals surface area contributed by atoms with E-state index in [-0.39, 0.29) is 6.61 Å². The maximum absolute atomic E-state index is 9.58. The molecule has 7 heteroatoms. The van der Waals surface area contributed by atoms with Gasteiger partial charge in [-0.2, -0.15) is 0 Å². The number of fused-ring (bicyclic) bond motifs is 1. The fourth-order valence-electron chi connectivity index (χ4n) is 4.46. The number of ether oxygens (including phenoxy) is 1. The van der Waals surface area contributed by atoms with Gasteiger partial charge in [0.05, 0.1) is 29.5 Å². The zero-order valence-corrected chi connectivity index (χ0v) is 17.5. The third kappa shape index (κ3) is 3.75. The fraction of sp³-hybridized carbons (Fsp3) is 0.478. The SMILES string of the molecule is CN1C=c2c(N3CC[C@H](CO)C3)nc(-c3ccc(N4CCOCC4)cc3)cc2=NC1. The topological polar surface area (TPSA) is 64.4 Å². The Hall–Kier alpha value is -2.64. The Labute approximate surface area is 176 Å². The number of hydrogen-bond acceptors (Lipinski definition) is 7. The maximum Gasteiger partial charge on any atom is 0.140 e. The number of nitrogens with zero attached hydrogens (tertiary/aromatic N) is 5. The molecule has 1 aromatic carbocycles. The van der Waals surface area contributed by atoms with Crippen molar-refractivity contribution < 1.29 is 9.84 Å². The number of pyridine rings is 1. The quantitative estimate of drug-likeness (QED) is 0.804. The van der Waals surface area contributed by atoms with Gasteiger partial charge in [-0.25, -0.2) is 4.98 Å². The van der Waals surface area contributed by atoms with Gasteiger partial charge in [-0.1, -0.05) is 12.1 Å². The summed E-state index contributed by atoms with van der Waals surface area (Å²) in [6, 6.07) is 10.8. The van der Waals surface area contributed by atoms with Crippen LogP contribution in [-0.4, -0.2) is 74.7 Å². The van der Waals surface area contributed by atoms with E-state index >= 15 is 0 Å². The third-order valence-electron chi connectivity index (χ3n) is 6.21. The second kappa shape index (κ2) is 8.24. The van der Waals surface area contributed by atoms with Crippen LogP contribution >= 0.6 is 0 Å². The lowest BCUT2D eigenvalue weighted by atomic mass is 10.1. The Bertz CT molecular complexity index is 1020. The predicted octanol–water partition coefficient (Wildman–Crippen LogP) is 0.664. The maximum atomic E-state index is 9.58. The summed E-state index contributed by atoms with van der Waals surface area (Å²) in [4.78, 5) is 16.6. The van der Waals surface area contributed by atoms with E-state index in [9.17, 15) is 5.11 Å². The van der Waals surface area contributed by atoms with Crippen molar-refractivity contribution in [1.29, 1.82) is 0 Å². The minimum atomic E-state index is 0.232. The van der Waals surface area contributed by atoms with Crippen LogP contribution in [0.5, 0.6) is 0 Å². The number of aromatic nitrogens is 1. The van der Waals surface area contributed by atoms with E-state index in [2.05, 4.69) is 51.2 Å². The summed E-state index contributed by atoms with van der Waals surface area (Å²) in [5.41, 5.74) is 3.28. The molecule has 3 aliphatic rings. The van der Waals surface area contributed by atoms with Gasteiger partial charge in [0.15, 0.2) is 0 Å². The highest BCUT2D eigenvalue weighted by atomic mass is 16.5. The average molecular weight is 408 g/mol. The van der Waals surface area contributed by atoms with Crippen molar-refractivity contribution in [2.75, 3.05) is 69.5 Å². The van der Waals surface area contributed by atoms with Gasteiger partial charge in [0.25, 0.3) is 0 Å². The fourth-order valence-corrected chi connectivity index (χ4v) is 4.46. The zero-order valence-electron chi connectivity index (χ0n) is 17.5. The average Bonchev–Trinajstić information content (AvgIpc) is 3.28. The van der Waals surface area contributed by atoms with Gasteiger partial charge in [-0.15, -0.1) is 0 Å². The standard InChI is InChI=1S/C23H29N5O2/c1-26-14-20-22(24-16-26)12-21(25-23(20)28-7-6-17(13-28)15-29)18-2-4-19(5-3-18)27-8-10-30-11-9-27/h2-5,12,14,17,29H,6-11,13,15-16H2,1H3/t17-/m0/s1. The van der Waals surface area contributed by atoms with E-state index in [0.717, 1.165) is 73.5 Å². The molecule has 2 aromatic rings. The van der Waals surface area contributed by atoms with Crippen LogP contribution in [0.25, 0.3) is 17.5 Å². The number of aliphatic hydroxyl groups is 1. The molecule has 1 N–H and O–H groups in total. The van der Waals surface area contributed by atoms with Gasteiger partial charge in [0.1, 0.15) is 12.5 Å². The molecule has 158 valence electrons. The number of morpholine rings is 1. The lowest BCUT2D eigenvalue weighted by Gasteiger charge is -2.29. The van der Waals surface area contributed by atoms with Crippen molar-refractivity contribution in [3.8, 4) is 11.3 Å². The summed E-state index contributed by atoms with van der Waals surface area (Å²) in [7, 11) is 2.04. The molecule has 4 heterocycles. The Morgan fingerprint density at radius 3 is 2.63 bits per heavy atom. The molecule has 7 nitrogen and oxygen atoms in total. The van der Waals surface area contributed by atoms with Crippen LogP contribution in [0, 0.1) is 5.92 Å². The number of rotatable bonds is 4. The molecule has 3 aliphatic heterocycles. The first-order chi connectivity index (χ1) is 14.7. The number of aliphatic hydroxyl groups excluding tert-OH is 1. The number of hydrogen-bond donors (Lipinski definition) is 1. The second-order valence-corrected chi connectivity index (χ2v) is 8.38. The highest BCUT2D eigenvalue weighted by Gasteiger charge is 2.25. The van der Waals surface area contributed by atoms with E-state index in [0.29, 0.717) is 12.6 Å². The van der Waals surface area contributed by atoms with Gasteiger partial charge in [-0.05, 0) is 24.6 Å². The lowest BCUT2D eigenvalue weighted by molar-refractivity contribution is 0.122. The summed E-state index contributed by atoms with van der Waals surface area (Å²) in [5.74, 6) is 1.29. The summed E-state index contributed by atoms with van der Waals surface area (Å²) >= 11 is 0. The summed E-state index contributed by atoms with van der Waals surface area (Å²) in [5, 5.41) is 11.7. The van der Waals surface area contributed by atoms with Crippen molar-refractivity contribution in [1.82, 2.24) is 9.88 Å². The van der Waals surface area contributed by atoms with Gasteiger partial charge in [-0.3, -0.25) is 4.99 Å². The molecule has 0 bridgehead atoms. The predicted molar refractivity (Wildman–Crippen MR) is 118 cm³/mol. The molecule has 0 aliphatic carbocycles. The molecule has 0 radical (unpaired) electrons. The van der Waals surface area contributed by atoms with Crippen LogP contribution in [0.1, 0.15) is 6.42 Å². The molecule has 5 rings (SSSR count). The molecule has 2 fully saturated rings. The van der Waals surface area contributed by atoms with Crippen molar-refractivity contribution in [2.45, 2.75) is 6.42 Å². The Kier molecular flexibility index (Phi) is 5.31. The van der Waals surface area contributed by atoms with Crippen LogP contribution < -0.4 is 20.4 Å². The lowest BCUT2D eigenvalue weighted by Crippen LogP contribution is -2.40. The van der Waals surface area contributed by atoms with Crippen molar-refractivity contribution in [3.63, 3.8) is 0 Å². The highest BCUT2D eigenvalue weighted by molar-refractivity contribution is 5.65. The molecule has 1 aromatic heterocycles. The first kappa shape index (κ1) is 19.3. The minimum absolute atomic E-state index is 0.232. The van der Waals surface area contributed by atoms with Crippen molar-refractivity contribution >= 4 is 17.7 Å². The molecule has 2 saturated heterocycles. The van der Waals surface area contributed by atoms with Crippen molar-refractivity contribution in [3.05, 3.63) is 40.9 Å². The van der Waals surface area contributed by atoms with Gasteiger partial charge in [0, 0.05) is 63.2 Å². The molecule has 1 atom stereocenters. The monoisotopic (exact) mass is 407 g/mol. The Morgan fingerprint density at radius 2 is 1.90 bits per heavy atom. The Balaban J connectivity index is 1.51. The van der Waals surface area contributed by atoms with Gasteiger partial charge < -0.3 is 24.5 Å². The number of anilines is 2. The normalized spacial score (nSPS) is 21.3. The molecular formula is C23H29N5O2. The van der Waals surface area contributed by atoms with Crippen LogP contribution in [-0.2, 0) is 4.74 Å². The van der Waals surface area contributed by atoms with Crippen LogP contribution in [0.4, 0.5) is 11.5 Å². The largest absolute Gasteiger partial charge is 0.396 e. The third-order valence-corrected chi connectivity index (χ3v) is 6.21. The van der Waals surface area contributed by atoms with Crippen LogP contribution in [0.2, 0.25) is 0 Å². The van der Waals surface area contributed by atoms with E-state index in [1.807, 2.05) is 7.05 Å². The molecule has 30 heavy (non-hydrogen) atoms. The van der Waals surface area contributed by atoms with E-state index in [1.165, 1.54) is 5.69 Å². The summed E-state index contributed by atoms with van der Waals surface area (Å²) < 4.78 is 5.46. The minimum Gasteiger partial charge on any atom is -0.396 e. The Morgan fingerprint density at radius 1 is 1.10 bits per heavy atom. The molecule has 0 unspecified atom stereocenters. The molecule has 0 spiro atoms. The highest BCUT2D eigenvalue weighted by Crippen LogP contribution is 2.25. The molecule has 0 amide bonds. The van der Waals surface area contributed by atoms with Crippen molar-refractivity contribution in [2.24, 2.45) is 10.9 Å². The van der Waals surface area contributed by atoms with E-state index < -0.39 is 0 Å². The second-order valence-electron chi connectivity index (χ2n) is 8.38. The van der Waals surface area contributed by atoms with Gasteiger partial charge >= 0.3 is 0 Å². The first-order valence-corrected chi connectivity index (χ1v) is 10.8. The van der Waals surface area contributed by atoms with Crippen LogP contribution in [0.3, 0.4) is 0 Å². The van der Waals surface area contributed by atoms with Gasteiger partial charge in [0.2, 0.25) is 0 Å². The molecular weight excluding hydrogens is 378 g/mol. The zero-order chi connectivity index (χ0) is 20.5. The number of benzene rings is 1. The summed E-state index contributed by atoms with van der Waals surface area (Å²) in [6.45, 7) is 6.09.